The number of piperazine rings is 1. The van der Waals surface area contributed by atoms with Gasteiger partial charge in [-0.05, 0) is 37.0 Å². The smallest absolute Gasteiger partial charge is 0.247 e. The molecule has 2 fully saturated rings. The highest BCUT2D eigenvalue weighted by molar-refractivity contribution is 9.10. The van der Waals surface area contributed by atoms with E-state index in [1.807, 2.05) is 29.2 Å². The average Bonchev–Trinajstić information content (AvgIpc) is 3.08. The lowest BCUT2D eigenvalue weighted by atomic mass is 9.91. The molecular weight excluding hydrogens is 370 g/mol. The third-order valence-electron chi connectivity index (χ3n) is 5.09. The molecule has 2 aliphatic rings. The summed E-state index contributed by atoms with van der Waals surface area (Å²) in [6, 6.07) is 7.68. The van der Waals surface area contributed by atoms with E-state index in [1.165, 1.54) is 0 Å². The number of rotatable bonds is 4. The first-order valence-electron chi connectivity index (χ1n) is 8.61. The Labute approximate surface area is 152 Å². The second-order valence-corrected chi connectivity index (χ2v) is 7.95. The topological polar surface area (TPSA) is 58.8 Å². The zero-order valence-corrected chi connectivity index (χ0v) is 15.8. The summed E-state index contributed by atoms with van der Waals surface area (Å²) in [5.41, 5.74) is 6.26. The van der Waals surface area contributed by atoms with Crippen LogP contribution in [0.15, 0.2) is 28.7 Å². The lowest BCUT2D eigenvalue weighted by Gasteiger charge is -2.39. The Kier molecular flexibility index (Phi) is 5.59. The van der Waals surface area contributed by atoms with Gasteiger partial charge in [-0.25, -0.2) is 0 Å². The lowest BCUT2D eigenvalue weighted by molar-refractivity contribution is -0.138. The Bertz CT molecular complexity index is 562. The van der Waals surface area contributed by atoms with E-state index in [0.29, 0.717) is 5.92 Å². The molecule has 0 aliphatic carbocycles. The van der Waals surface area contributed by atoms with Crippen LogP contribution in [0.4, 0.5) is 0 Å². The van der Waals surface area contributed by atoms with Crippen molar-refractivity contribution in [2.24, 2.45) is 11.7 Å². The Morgan fingerprint density at radius 1 is 1.29 bits per heavy atom. The van der Waals surface area contributed by atoms with E-state index in [1.54, 1.807) is 6.92 Å². The van der Waals surface area contributed by atoms with E-state index in [9.17, 15) is 4.79 Å². The third kappa shape index (κ3) is 3.99. The Morgan fingerprint density at radius 3 is 2.54 bits per heavy atom. The van der Waals surface area contributed by atoms with Crippen LogP contribution in [-0.4, -0.2) is 61.6 Å². The number of nitrogens with two attached hydrogens (primary N) is 1. The minimum absolute atomic E-state index is 0.00803. The molecule has 1 amide bonds. The first-order valence-corrected chi connectivity index (χ1v) is 9.40. The zero-order chi connectivity index (χ0) is 17.2. The molecule has 2 heterocycles. The van der Waals surface area contributed by atoms with Gasteiger partial charge in [0.1, 0.15) is 5.54 Å². The molecule has 0 spiro atoms. The van der Waals surface area contributed by atoms with Crippen LogP contribution >= 0.6 is 15.9 Å². The van der Waals surface area contributed by atoms with Gasteiger partial charge in [-0.3, -0.25) is 9.69 Å². The van der Waals surface area contributed by atoms with Crippen molar-refractivity contribution in [3.8, 4) is 0 Å². The minimum Gasteiger partial charge on any atom is -0.381 e. The normalized spacial score (nSPS) is 24.8. The zero-order valence-electron chi connectivity index (χ0n) is 14.2. The Balaban J connectivity index is 1.56. The van der Waals surface area contributed by atoms with E-state index in [-0.39, 0.29) is 5.91 Å². The predicted molar refractivity (Wildman–Crippen MR) is 97.6 cm³/mol. The number of ether oxygens (including phenoxy) is 1. The second-order valence-electron chi connectivity index (χ2n) is 7.03. The summed E-state index contributed by atoms with van der Waals surface area (Å²) in [6.45, 7) is 7.98. The van der Waals surface area contributed by atoms with Crippen molar-refractivity contribution in [1.29, 1.82) is 0 Å². The summed E-state index contributed by atoms with van der Waals surface area (Å²) in [5.74, 6) is 0.656. The summed E-state index contributed by atoms with van der Waals surface area (Å²) >= 11 is 3.42. The molecule has 2 unspecified atom stereocenters. The van der Waals surface area contributed by atoms with Crippen molar-refractivity contribution in [1.82, 2.24) is 9.80 Å². The minimum atomic E-state index is -0.984. The number of benzene rings is 1. The van der Waals surface area contributed by atoms with Crippen molar-refractivity contribution in [2.75, 3.05) is 45.9 Å². The molecule has 1 aromatic carbocycles. The van der Waals surface area contributed by atoms with Crippen LogP contribution in [0.25, 0.3) is 0 Å². The first-order chi connectivity index (χ1) is 11.5. The fourth-order valence-electron chi connectivity index (χ4n) is 3.47. The van der Waals surface area contributed by atoms with Gasteiger partial charge >= 0.3 is 0 Å². The lowest BCUT2D eigenvalue weighted by Crippen LogP contribution is -2.57. The van der Waals surface area contributed by atoms with E-state index in [2.05, 4.69) is 20.8 Å². The highest BCUT2D eigenvalue weighted by Gasteiger charge is 2.36. The average molecular weight is 396 g/mol. The van der Waals surface area contributed by atoms with Gasteiger partial charge in [-0.15, -0.1) is 0 Å². The Morgan fingerprint density at radius 2 is 1.96 bits per heavy atom. The summed E-state index contributed by atoms with van der Waals surface area (Å²) in [7, 11) is 0. The van der Waals surface area contributed by atoms with Gasteiger partial charge in [-0.1, -0.05) is 28.1 Å². The summed E-state index contributed by atoms with van der Waals surface area (Å²) in [6.07, 6.45) is 1.16. The van der Waals surface area contributed by atoms with Gasteiger partial charge in [0.25, 0.3) is 0 Å². The first kappa shape index (κ1) is 17.9. The molecule has 0 bridgehead atoms. The van der Waals surface area contributed by atoms with Crippen molar-refractivity contribution in [3.05, 3.63) is 34.3 Å². The number of halogens is 1. The van der Waals surface area contributed by atoms with Gasteiger partial charge < -0.3 is 15.4 Å². The molecule has 2 atom stereocenters. The monoisotopic (exact) mass is 395 g/mol. The van der Waals surface area contributed by atoms with Gasteiger partial charge in [-0.2, -0.15) is 0 Å². The van der Waals surface area contributed by atoms with Crippen LogP contribution in [0, 0.1) is 5.92 Å². The van der Waals surface area contributed by atoms with E-state index in [4.69, 9.17) is 10.5 Å². The number of nitrogens with zero attached hydrogens (tertiary/aromatic N) is 2. The number of carbonyl (C=O) groups is 1. The highest BCUT2D eigenvalue weighted by atomic mass is 79.9. The quantitative estimate of drug-likeness (QED) is 0.844. The SMILES string of the molecule is CC(N)(C(=O)N1CCN(CC2CCOC2)CC1)c1ccc(Br)cc1. The Hall–Kier alpha value is -0.950. The number of hydrogen-bond acceptors (Lipinski definition) is 4. The molecule has 1 aromatic rings. The van der Waals surface area contributed by atoms with Crippen molar-refractivity contribution in [2.45, 2.75) is 18.9 Å². The van der Waals surface area contributed by atoms with Crippen LogP contribution in [0.3, 0.4) is 0 Å². The van der Waals surface area contributed by atoms with E-state index in [0.717, 1.165) is 62.4 Å². The van der Waals surface area contributed by atoms with Crippen molar-refractivity contribution >= 4 is 21.8 Å². The molecule has 0 saturated carbocycles. The number of amides is 1. The molecule has 0 radical (unpaired) electrons. The number of carbonyl (C=O) groups excluding carboxylic acids is 1. The summed E-state index contributed by atoms with van der Waals surface area (Å²) in [4.78, 5) is 17.3. The summed E-state index contributed by atoms with van der Waals surface area (Å²) < 4.78 is 6.43. The van der Waals surface area contributed by atoms with Gasteiger partial charge in [0.05, 0.1) is 6.61 Å². The van der Waals surface area contributed by atoms with Crippen LogP contribution in [0.2, 0.25) is 0 Å². The molecule has 5 nitrogen and oxygen atoms in total. The summed E-state index contributed by atoms with van der Waals surface area (Å²) in [5, 5.41) is 0. The fraction of sp³-hybridized carbons (Fsp3) is 0.611. The molecule has 6 heteroatoms. The fourth-order valence-corrected chi connectivity index (χ4v) is 3.74. The molecule has 24 heavy (non-hydrogen) atoms. The maximum atomic E-state index is 12.9. The molecule has 0 aromatic heterocycles. The van der Waals surface area contributed by atoms with Crippen LogP contribution in [0.1, 0.15) is 18.9 Å². The van der Waals surface area contributed by atoms with Crippen LogP contribution in [0.5, 0.6) is 0 Å². The standard InChI is InChI=1S/C18H26BrN3O2/c1-18(20,15-2-4-16(19)5-3-15)17(23)22-9-7-21(8-10-22)12-14-6-11-24-13-14/h2-5,14H,6-13,20H2,1H3. The molecule has 2 N–H and O–H groups in total. The van der Waals surface area contributed by atoms with Crippen molar-refractivity contribution < 1.29 is 9.53 Å². The van der Waals surface area contributed by atoms with E-state index >= 15 is 0 Å². The molecule has 3 rings (SSSR count). The van der Waals surface area contributed by atoms with Gasteiger partial charge in [0, 0.05) is 43.8 Å². The molecule has 132 valence electrons. The third-order valence-corrected chi connectivity index (χ3v) is 5.62. The number of hydrogen-bond donors (Lipinski definition) is 1. The maximum absolute atomic E-state index is 12.9. The highest BCUT2D eigenvalue weighted by Crippen LogP contribution is 2.24. The molecule has 2 aliphatic heterocycles. The van der Waals surface area contributed by atoms with E-state index < -0.39 is 5.54 Å². The van der Waals surface area contributed by atoms with Gasteiger partial charge in [0.2, 0.25) is 5.91 Å². The second kappa shape index (κ2) is 7.52. The van der Waals surface area contributed by atoms with Crippen molar-refractivity contribution in [3.63, 3.8) is 0 Å². The van der Waals surface area contributed by atoms with Crippen LogP contribution < -0.4 is 5.73 Å². The largest absolute Gasteiger partial charge is 0.381 e. The molecule has 2 saturated heterocycles. The van der Waals surface area contributed by atoms with Crippen LogP contribution in [-0.2, 0) is 15.1 Å². The molecular formula is C18H26BrN3O2. The van der Waals surface area contributed by atoms with Gasteiger partial charge in [0.15, 0.2) is 0 Å². The maximum Gasteiger partial charge on any atom is 0.247 e. The predicted octanol–water partition coefficient (Wildman–Crippen LogP) is 1.80.